The smallest absolute Gasteiger partial charge is 0.0973 e. The van der Waals surface area contributed by atoms with Crippen LogP contribution in [-0.2, 0) is 0 Å². The topological polar surface area (TPSA) is 35.6 Å². The Morgan fingerprint density at radius 2 is 0.500 bits per heavy atom. The van der Waals surface area contributed by atoms with E-state index in [2.05, 4.69) is 252 Å². The van der Waals surface area contributed by atoms with Crippen molar-refractivity contribution < 1.29 is 0 Å². The first-order chi connectivity index (χ1) is 35.7. The summed E-state index contributed by atoms with van der Waals surface area (Å²) in [6.07, 6.45) is 0. The fourth-order valence-electron chi connectivity index (χ4n) is 10.8. The van der Waals surface area contributed by atoms with Crippen molar-refractivity contribution in [3.63, 3.8) is 0 Å². The minimum absolute atomic E-state index is 0.858. The van der Waals surface area contributed by atoms with Crippen LogP contribution in [0.5, 0.6) is 0 Å². The van der Waals surface area contributed by atoms with Crippen LogP contribution in [0, 0.1) is 0 Å². The fraction of sp³-hybridized carbons (Fsp3) is 0. The second kappa shape index (κ2) is 17.1. The number of aromatic nitrogens is 4. The number of hydrogen-bond donors (Lipinski definition) is 0. The van der Waals surface area contributed by atoms with Gasteiger partial charge in [0.1, 0.15) is 0 Å². The summed E-state index contributed by atoms with van der Waals surface area (Å²) in [4.78, 5) is 10.5. The molecule has 0 fully saturated rings. The summed E-state index contributed by atoms with van der Waals surface area (Å²) in [6.45, 7) is 0. The first-order valence-electron chi connectivity index (χ1n) is 24.6. The van der Waals surface area contributed by atoms with E-state index in [1.54, 1.807) is 0 Å². The molecule has 0 radical (unpaired) electrons. The minimum atomic E-state index is 0.858. The average molecular weight is 917 g/mol. The molecule has 11 aromatic carbocycles. The van der Waals surface area contributed by atoms with Gasteiger partial charge in [-0.1, -0.05) is 194 Å². The highest BCUT2D eigenvalue weighted by atomic mass is 15.0. The summed E-state index contributed by atoms with van der Waals surface area (Å²) < 4.78 is 4.76. The third-order valence-electron chi connectivity index (χ3n) is 14.4. The summed E-state index contributed by atoms with van der Waals surface area (Å²) in [5.74, 6) is 0. The summed E-state index contributed by atoms with van der Waals surface area (Å²) in [7, 11) is 0. The molecule has 336 valence electrons. The zero-order chi connectivity index (χ0) is 47.5. The summed E-state index contributed by atoms with van der Waals surface area (Å²) in [5, 5.41) is 4.99. The molecule has 0 spiro atoms. The molecule has 3 heterocycles. The Bertz CT molecular complexity index is 4040. The Morgan fingerprint density at radius 1 is 0.208 bits per heavy atom. The molecule has 0 amide bonds. The van der Waals surface area contributed by atoms with E-state index in [-0.39, 0.29) is 0 Å². The molecule has 0 aliphatic carbocycles. The maximum atomic E-state index is 5.25. The lowest BCUT2D eigenvalue weighted by Crippen LogP contribution is -1.96. The fourth-order valence-corrected chi connectivity index (χ4v) is 10.8. The Kier molecular flexibility index (Phi) is 9.82. The molecule has 14 aromatic rings. The second-order valence-corrected chi connectivity index (χ2v) is 18.6. The molecule has 0 saturated heterocycles. The van der Waals surface area contributed by atoms with Gasteiger partial charge in [0.05, 0.1) is 44.5 Å². The molecule has 3 aromatic heterocycles. The molecule has 0 saturated carbocycles. The highest BCUT2D eigenvalue weighted by Crippen LogP contribution is 2.39. The first kappa shape index (κ1) is 41.3. The predicted octanol–water partition coefficient (Wildman–Crippen LogP) is 17.8. The molecule has 4 nitrogen and oxygen atoms in total. The van der Waals surface area contributed by atoms with Crippen LogP contribution in [0.4, 0.5) is 0 Å². The standard InChI is InChI=1S/C68H44N4/c1-3-13-45(14-4-1)53-35-41-65-59(43-53)57-17-7-11-21-63(57)71(65)55-37-31-49(32-38-55)47-23-27-51(28-24-47)67-68(70-62-20-10-9-19-61(62)69-67)52-29-25-48(26-30-52)50-33-39-56(40-34-50)72-64-22-12-8-18-58(64)60-44-54(36-42-66(60)72)46-15-5-2-6-16-46/h1-44H. The first-order valence-corrected chi connectivity index (χ1v) is 24.6. The number of fused-ring (bicyclic) bond motifs is 7. The highest BCUT2D eigenvalue weighted by molar-refractivity contribution is 6.11. The van der Waals surface area contributed by atoms with Gasteiger partial charge in [-0.3, -0.25) is 0 Å². The third kappa shape index (κ3) is 7.08. The number of hydrogen-bond acceptors (Lipinski definition) is 2. The molecule has 0 aliphatic rings. The van der Waals surface area contributed by atoms with Crippen LogP contribution < -0.4 is 0 Å². The van der Waals surface area contributed by atoms with Crippen molar-refractivity contribution in [1.82, 2.24) is 19.1 Å². The van der Waals surface area contributed by atoms with Crippen LogP contribution in [0.2, 0.25) is 0 Å². The summed E-state index contributed by atoms with van der Waals surface area (Å²) in [5.41, 5.74) is 22.0. The van der Waals surface area contributed by atoms with Gasteiger partial charge in [0, 0.05) is 44.0 Å². The van der Waals surface area contributed by atoms with Crippen molar-refractivity contribution in [2.75, 3.05) is 0 Å². The molecular formula is C68H44N4. The van der Waals surface area contributed by atoms with E-state index in [4.69, 9.17) is 9.97 Å². The van der Waals surface area contributed by atoms with E-state index in [1.165, 1.54) is 65.9 Å². The Labute approximate surface area is 417 Å². The van der Waals surface area contributed by atoms with E-state index in [9.17, 15) is 0 Å². The van der Waals surface area contributed by atoms with Crippen molar-refractivity contribution in [3.8, 4) is 78.4 Å². The van der Waals surface area contributed by atoms with Crippen LogP contribution in [0.25, 0.3) is 133 Å². The lowest BCUT2D eigenvalue weighted by Gasteiger charge is -2.13. The van der Waals surface area contributed by atoms with Crippen LogP contribution in [0.15, 0.2) is 267 Å². The van der Waals surface area contributed by atoms with Crippen molar-refractivity contribution in [2.45, 2.75) is 0 Å². The Balaban J connectivity index is 0.755. The number of rotatable bonds is 8. The monoisotopic (exact) mass is 916 g/mol. The predicted molar refractivity (Wildman–Crippen MR) is 301 cm³/mol. The zero-order valence-corrected chi connectivity index (χ0v) is 39.2. The van der Waals surface area contributed by atoms with Crippen LogP contribution in [0.3, 0.4) is 0 Å². The van der Waals surface area contributed by atoms with Gasteiger partial charge < -0.3 is 9.13 Å². The Hall–Kier alpha value is -9.64. The molecule has 0 bridgehead atoms. The largest absolute Gasteiger partial charge is 0.309 e. The van der Waals surface area contributed by atoms with E-state index in [1.807, 2.05) is 24.3 Å². The zero-order valence-electron chi connectivity index (χ0n) is 39.2. The van der Waals surface area contributed by atoms with Crippen molar-refractivity contribution in [1.29, 1.82) is 0 Å². The van der Waals surface area contributed by atoms with Gasteiger partial charge in [0.25, 0.3) is 0 Å². The second-order valence-electron chi connectivity index (χ2n) is 18.6. The van der Waals surface area contributed by atoms with E-state index < -0.39 is 0 Å². The molecule has 0 aliphatic heterocycles. The maximum absolute atomic E-state index is 5.25. The average Bonchev–Trinajstić information content (AvgIpc) is 3.98. The number of para-hydroxylation sites is 4. The number of benzene rings is 11. The van der Waals surface area contributed by atoms with Crippen molar-refractivity contribution in [2.24, 2.45) is 0 Å². The normalized spacial score (nSPS) is 11.6. The van der Waals surface area contributed by atoms with Crippen LogP contribution in [0.1, 0.15) is 0 Å². The lowest BCUT2D eigenvalue weighted by atomic mass is 9.98. The van der Waals surface area contributed by atoms with E-state index >= 15 is 0 Å². The SMILES string of the molecule is c1ccc(-c2ccc3c(c2)c2ccccc2n3-c2ccc(-c3ccc(-c4nc5ccccc5nc4-c4ccc(-c5ccc(-n6c7ccccc7c7cc(-c8ccccc8)ccc76)cc5)cc4)cc3)cc2)cc1. The highest BCUT2D eigenvalue weighted by Gasteiger charge is 2.18. The molecule has 72 heavy (non-hydrogen) atoms. The van der Waals surface area contributed by atoms with Crippen molar-refractivity contribution >= 4 is 54.6 Å². The van der Waals surface area contributed by atoms with Gasteiger partial charge >= 0.3 is 0 Å². The van der Waals surface area contributed by atoms with Gasteiger partial charge in [-0.2, -0.15) is 0 Å². The summed E-state index contributed by atoms with van der Waals surface area (Å²) >= 11 is 0. The van der Waals surface area contributed by atoms with Gasteiger partial charge in [-0.25, -0.2) is 9.97 Å². The van der Waals surface area contributed by atoms with E-state index in [0.717, 1.165) is 67.2 Å². The molecule has 0 atom stereocenters. The third-order valence-corrected chi connectivity index (χ3v) is 14.4. The van der Waals surface area contributed by atoms with Gasteiger partial charge in [0.2, 0.25) is 0 Å². The molecular weight excluding hydrogens is 873 g/mol. The van der Waals surface area contributed by atoms with Crippen molar-refractivity contribution in [3.05, 3.63) is 267 Å². The minimum Gasteiger partial charge on any atom is -0.309 e. The van der Waals surface area contributed by atoms with Crippen LogP contribution in [-0.4, -0.2) is 19.1 Å². The Morgan fingerprint density at radius 3 is 0.903 bits per heavy atom. The maximum Gasteiger partial charge on any atom is 0.0973 e. The number of nitrogens with zero attached hydrogens (tertiary/aromatic N) is 4. The molecule has 0 unspecified atom stereocenters. The van der Waals surface area contributed by atoms with Gasteiger partial charge in [-0.05, 0) is 117 Å². The quantitative estimate of drug-likeness (QED) is 0.152. The van der Waals surface area contributed by atoms with Crippen LogP contribution >= 0.6 is 0 Å². The molecule has 14 rings (SSSR count). The lowest BCUT2D eigenvalue weighted by molar-refractivity contribution is 1.18. The summed E-state index contributed by atoms with van der Waals surface area (Å²) in [6, 6.07) is 95.8. The molecule has 0 N–H and O–H groups in total. The van der Waals surface area contributed by atoms with E-state index in [0.29, 0.717) is 0 Å². The molecule has 4 heteroatoms. The van der Waals surface area contributed by atoms with Gasteiger partial charge in [0.15, 0.2) is 0 Å². The van der Waals surface area contributed by atoms with Gasteiger partial charge in [-0.15, -0.1) is 0 Å².